The molecule has 0 spiro atoms. The van der Waals surface area contributed by atoms with Crippen molar-refractivity contribution >= 4 is 35.6 Å². The molecule has 1 saturated heterocycles. The van der Waals surface area contributed by atoms with Gasteiger partial charge in [-0.2, -0.15) is 0 Å². The van der Waals surface area contributed by atoms with E-state index in [1.54, 1.807) is 6.08 Å². The average Bonchev–Trinajstić information content (AvgIpc) is 3.13. The lowest BCUT2D eigenvalue weighted by atomic mass is 10.00. The van der Waals surface area contributed by atoms with Gasteiger partial charge in [0, 0.05) is 11.6 Å². The van der Waals surface area contributed by atoms with Gasteiger partial charge in [-0.15, -0.1) is 0 Å². The highest BCUT2D eigenvalue weighted by Crippen LogP contribution is 2.24. The van der Waals surface area contributed by atoms with Crippen LogP contribution in [0, 0.1) is 5.92 Å². The summed E-state index contributed by atoms with van der Waals surface area (Å²) in [6.07, 6.45) is 6.78. The van der Waals surface area contributed by atoms with Crippen molar-refractivity contribution < 1.29 is 19.2 Å². The minimum atomic E-state index is -0.760. The molecule has 2 aliphatic rings. The summed E-state index contributed by atoms with van der Waals surface area (Å²) in [5.41, 5.74) is 0.378. The quantitative estimate of drug-likeness (QED) is 0.634. The van der Waals surface area contributed by atoms with Crippen LogP contribution < -0.4 is 10.6 Å². The molecule has 1 fully saturated rings. The first-order valence-electron chi connectivity index (χ1n) is 9.24. The molecule has 0 aromatic carbocycles. The largest absolute Gasteiger partial charge is 0.348 e. The van der Waals surface area contributed by atoms with Crippen molar-refractivity contribution in [1.29, 1.82) is 0 Å². The van der Waals surface area contributed by atoms with Crippen LogP contribution in [0.5, 0.6) is 0 Å². The molecule has 27 heavy (non-hydrogen) atoms. The van der Waals surface area contributed by atoms with E-state index in [1.807, 2.05) is 19.9 Å². The highest BCUT2D eigenvalue weighted by Gasteiger charge is 2.38. The van der Waals surface area contributed by atoms with Crippen LogP contribution in [0.25, 0.3) is 0 Å². The lowest BCUT2D eigenvalue weighted by Crippen LogP contribution is -2.55. The van der Waals surface area contributed by atoms with Crippen LogP contribution in [0.2, 0.25) is 0 Å². The van der Waals surface area contributed by atoms with Crippen LogP contribution >= 0.6 is 11.6 Å². The Morgan fingerprint density at radius 3 is 2.74 bits per heavy atom. The first-order chi connectivity index (χ1) is 12.9. The Hall–Kier alpha value is -2.15. The predicted octanol–water partition coefficient (Wildman–Crippen LogP) is 1.28. The van der Waals surface area contributed by atoms with E-state index < -0.39 is 12.1 Å². The van der Waals surface area contributed by atoms with Crippen molar-refractivity contribution in [2.75, 3.05) is 13.1 Å². The van der Waals surface area contributed by atoms with E-state index in [-0.39, 0.29) is 30.2 Å². The lowest BCUT2D eigenvalue weighted by molar-refractivity contribution is -0.142. The summed E-state index contributed by atoms with van der Waals surface area (Å²) in [6.45, 7) is 4.04. The Balaban J connectivity index is 2.12. The molecule has 0 radical (unpaired) electrons. The molecule has 148 valence electrons. The third-order valence-corrected chi connectivity index (χ3v) is 5.16. The molecule has 2 atom stereocenters. The highest BCUT2D eigenvalue weighted by molar-refractivity contribution is 6.32. The lowest BCUT2D eigenvalue weighted by Gasteiger charge is -2.30. The summed E-state index contributed by atoms with van der Waals surface area (Å²) in [6, 6.07) is -1.38. The van der Waals surface area contributed by atoms with Gasteiger partial charge < -0.3 is 20.3 Å². The minimum Gasteiger partial charge on any atom is -0.348 e. The fraction of sp³-hybridized carbons (Fsp3) is 0.579. The Kier molecular flexibility index (Phi) is 7.59. The number of likely N-dealkylation sites (tertiary alicyclic amines) is 1. The summed E-state index contributed by atoms with van der Waals surface area (Å²) in [5.74, 6) is -1.18. The Morgan fingerprint density at radius 2 is 2.11 bits per heavy atom. The number of carbonyl (C=O) groups excluding carboxylic acids is 4. The summed E-state index contributed by atoms with van der Waals surface area (Å²) in [5, 5.41) is 5.77. The second-order valence-electron chi connectivity index (χ2n) is 7.06. The number of allylic oxidation sites excluding steroid dienone is 2. The van der Waals surface area contributed by atoms with Crippen LogP contribution in [0.15, 0.2) is 22.8 Å². The second-order valence-corrected chi connectivity index (χ2v) is 7.51. The molecule has 1 aliphatic heterocycles. The number of aldehydes is 1. The van der Waals surface area contributed by atoms with Gasteiger partial charge in [0.25, 0.3) is 5.91 Å². The van der Waals surface area contributed by atoms with Crippen LogP contribution in [-0.4, -0.2) is 54.1 Å². The van der Waals surface area contributed by atoms with E-state index in [4.69, 9.17) is 11.6 Å². The Labute approximate surface area is 164 Å². The molecule has 0 aromatic rings. The van der Waals surface area contributed by atoms with Gasteiger partial charge >= 0.3 is 0 Å². The normalized spacial score (nSPS) is 20.6. The predicted molar refractivity (Wildman–Crippen MR) is 102 cm³/mol. The van der Waals surface area contributed by atoms with E-state index in [1.165, 1.54) is 4.90 Å². The molecule has 0 bridgehead atoms. The number of amides is 3. The van der Waals surface area contributed by atoms with Crippen LogP contribution in [0.4, 0.5) is 0 Å². The highest BCUT2D eigenvalue weighted by atomic mass is 35.5. The maximum atomic E-state index is 13.1. The number of nitrogens with one attached hydrogen (secondary N) is 2. The standard InChI is InChI=1S/C19H26ClN3O4/c1-12(2)16(22-17(25)13-6-3-4-7-14(13)20)19(27)23-10-5-8-15(23)18(26)21-9-11-24/h3,6,11-12,15-16H,4-5,7-10H2,1-2H3,(H,21,26)(H,22,25)/t15-,16-/m0/s1. The zero-order valence-electron chi connectivity index (χ0n) is 15.7. The molecule has 7 nitrogen and oxygen atoms in total. The van der Waals surface area contributed by atoms with Gasteiger partial charge in [0.15, 0.2) is 0 Å². The molecule has 2 N–H and O–H groups in total. The molecule has 8 heteroatoms. The zero-order chi connectivity index (χ0) is 20.0. The Bertz CT molecular complexity index is 672. The van der Waals surface area contributed by atoms with Crippen molar-refractivity contribution in [2.24, 2.45) is 5.92 Å². The Morgan fingerprint density at radius 1 is 1.37 bits per heavy atom. The third-order valence-electron chi connectivity index (χ3n) is 4.77. The van der Waals surface area contributed by atoms with Gasteiger partial charge in [-0.05, 0) is 31.6 Å². The molecule has 1 aliphatic carbocycles. The molecule has 2 rings (SSSR count). The first-order valence-corrected chi connectivity index (χ1v) is 9.62. The maximum absolute atomic E-state index is 13.1. The topological polar surface area (TPSA) is 95.6 Å². The number of halogens is 1. The van der Waals surface area contributed by atoms with E-state index in [0.717, 1.165) is 6.42 Å². The van der Waals surface area contributed by atoms with E-state index in [9.17, 15) is 19.2 Å². The number of hydrogen-bond donors (Lipinski definition) is 2. The zero-order valence-corrected chi connectivity index (χ0v) is 16.4. The second kappa shape index (κ2) is 9.69. The molecular formula is C19H26ClN3O4. The monoisotopic (exact) mass is 395 g/mol. The molecule has 1 heterocycles. The fourth-order valence-corrected chi connectivity index (χ4v) is 3.57. The van der Waals surface area contributed by atoms with Gasteiger partial charge in [0.1, 0.15) is 18.4 Å². The maximum Gasteiger partial charge on any atom is 0.253 e. The average molecular weight is 396 g/mol. The van der Waals surface area contributed by atoms with Crippen molar-refractivity contribution in [1.82, 2.24) is 15.5 Å². The summed E-state index contributed by atoms with van der Waals surface area (Å²) in [4.78, 5) is 49.9. The van der Waals surface area contributed by atoms with Gasteiger partial charge in [0.05, 0.1) is 12.1 Å². The van der Waals surface area contributed by atoms with E-state index >= 15 is 0 Å². The van der Waals surface area contributed by atoms with Crippen molar-refractivity contribution in [3.05, 3.63) is 22.8 Å². The molecule has 0 saturated carbocycles. The van der Waals surface area contributed by atoms with Crippen molar-refractivity contribution in [3.63, 3.8) is 0 Å². The number of nitrogens with zero attached hydrogens (tertiary/aromatic N) is 1. The van der Waals surface area contributed by atoms with Gasteiger partial charge in [-0.3, -0.25) is 14.4 Å². The number of hydrogen-bond acceptors (Lipinski definition) is 4. The first kappa shape index (κ1) is 21.2. The van der Waals surface area contributed by atoms with E-state index in [0.29, 0.717) is 42.7 Å². The van der Waals surface area contributed by atoms with Gasteiger partial charge in [0.2, 0.25) is 11.8 Å². The van der Waals surface area contributed by atoms with Gasteiger partial charge in [-0.1, -0.05) is 37.6 Å². The van der Waals surface area contributed by atoms with Gasteiger partial charge in [-0.25, -0.2) is 0 Å². The van der Waals surface area contributed by atoms with E-state index in [2.05, 4.69) is 10.6 Å². The SMILES string of the molecule is CC(C)[C@H](NC(=O)C1=C(Cl)CCC=C1)C(=O)N1CCC[C@H]1C(=O)NCC=O. The number of rotatable bonds is 7. The summed E-state index contributed by atoms with van der Waals surface area (Å²) < 4.78 is 0. The van der Waals surface area contributed by atoms with Crippen molar-refractivity contribution in [3.8, 4) is 0 Å². The smallest absolute Gasteiger partial charge is 0.253 e. The molecular weight excluding hydrogens is 370 g/mol. The number of carbonyl (C=O) groups is 4. The fourth-order valence-electron chi connectivity index (χ4n) is 3.31. The van der Waals surface area contributed by atoms with Crippen molar-refractivity contribution in [2.45, 2.75) is 51.6 Å². The molecule has 0 aromatic heterocycles. The summed E-state index contributed by atoms with van der Waals surface area (Å²) in [7, 11) is 0. The molecule has 3 amide bonds. The minimum absolute atomic E-state index is 0.0826. The molecule has 0 unspecified atom stereocenters. The third kappa shape index (κ3) is 5.19. The summed E-state index contributed by atoms with van der Waals surface area (Å²) >= 11 is 6.15. The van der Waals surface area contributed by atoms with Crippen LogP contribution in [0.3, 0.4) is 0 Å². The van der Waals surface area contributed by atoms with Crippen LogP contribution in [-0.2, 0) is 19.2 Å². The van der Waals surface area contributed by atoms with Crippen LogP contribution in [0.1, 0.15) is 39.5 Å².